The molecular formula is C28H35N7O3. The highest BCUT2D eigenvalue weighted by Gasteiger charge is 2.47. The molecule has 0 N–H and O–H groups in total. The van der Waals surface area contributed by atoms with Crippen molar-refractivity contribution in [2.75, 3.05) is 56.7 Å². The summed E-state index contributed by atoms with van der Waals surface area (Å²) in [6.45, 7) is 6.46. The number of nitrogens with zero attached hydrogens (tertiary/aromatic N) is 7. The third-order valence-electron chi connectivity index (χ3n) is 8.59. The van der Waals surface area contributed by atoms with Crippen LogP contribution in [0.4, 0.5) is 11.5 Å². The minimum Gasteiger partial charge on any atom is -0.464 e. The van der Waals surface area contributed by atoms with Crippen LogP contribution in [0.25, 0.3) is 5.65 Å². The van der Waals surface area contributed by atoms with Crippen LogP contribution >= 0.6 is 0 Å². The van der Waals surface area contributed by atoms with E-state index in [-0.39, 0.29) is 11.7 Å². The van der Waals surface area contributed by atoms with E-state index in [1.165, 1.54) is 26.4 Å². The van der Waals surface area contributed by atoms with Crippen LogP contribution in [0.15, 0.2) is 30.5 Å². The number of anilines is 2. The highest BCUT2D eigenvalue weighted by molar-refractivity contribution is 5.91. The molecule has 10 nitrogen and oxygen atoms in total. The molecule has 3 fully saturated rings. The number of pyridine rings is 2. The van der Waals surface area contributed by atoms with E-state index >= 15 is 0 Å². The van der Waals surface area contributed by atoms with E-state index in [4.69, 9.17) is 4.74 Å². The van der Waals surface area contributed by atoms with E-state index in [9.17, 15) is 9.59 Å². The number of aromatic nitrogens is 4. The van der Waals surface area contributed by atoms with Gasteiger partial charge in [-0.15, -0.1) is 5.10 Å². The quantitative estimate of drug-likeness (QED) is 0.441. The van der Waals surface area contributed by atoms with Crippen LogP contribution in [-0.4, -0.2) is 83.2 Å². The molecule has 1 saturated carbocycles. The van der Waals surface area contributed by atoms with Gasteiger partial charge >= 0.3 is 5.97 Å². The second-order valence-corrected chi connectivity index (χ2v) is 11.3. The minimum atomic E-state index is -0.445. The molecule has 1 amide bonds. The normalized spacial score (nSPS) is 19.9. The number of hydrogen-bond acceptors (Lipinski definition) is 8. The van der Waals surface area contributed by atoms with Crippen molar-refractivity contribution in [3.05, 3.63) is 47.5 Å². The van der Waals surface area contributed by atoms with E-state index in [1.807, 2.05) is 42.1 Å². The van der Waals surface area contributed by atoms with Gasteiger partial charge in [0.1, 0.15) is 5.82 Å². The first-order valence-corrected chi connectivity index (χ1v) is 13.5. The molecule has 2 aliphatic heterocycles. The molecule has 1 aliphatic carbocycles. The molecule has 1 atom stereocenters. The van der Waals surface area contributed by atoms with Crippen molar-refractivity contribution in [3.63, 3.8) is 0 Å². The lowest BCUT2D eigenvalue weighted by Crippen LogP contribution is -2.59. The summed E-state index contributed by atoms with van der Waals surface area (Å²) in [7, 11) is 3.31. The molecule has 38 heavy (non-hydrogen) atoms. The summed E-state index contributed by atoms with van der Waals surface area (Å²) >= 11 is 0. The third kappa shape index (κ3) is 4.46. The summed E-state index contributed by atoms with van der Waals surface area (Å²) in [6.07, 6.45) is 7.93. The number of ether oxygens (including phenoxy) is 1. The first kappa shape index (κ1) is 24.6. The van der Waals surface area contributed by atoms with Crippen LogP contribution in [0.1, 0.15) is 58.8 Å². The fourth-order valence-corrected chi connectivity index (χ4v) is 6.07. The smallest absolute Gasteiger partial charge is 0.356 e. The zero-order valence-electron chi connectivity index (χ0n) is 22.4. The predicted octanol–water partition coefficient (Wildman–Crippen LogP) is 3.20. The van der Waals surface area contributed by atoms with E-state index in [0.29, 0.717) is 30.1 Å². The zero-order valence-corrected chi connectivity index (χ0v) is 22.4. The fraction of sp³-hybridized carbons (Fsp3) is 0.536. The molecule has 200 valence electrons. The minimum absolute atomic E-state index is 0.102. The van der Waals surface area contributed by atoms with E-state index in [2.05, 4.69) is 26.0 Å². The maximum Gasteiger partial charge on any atom is 0.356 e. The Hall–Kier alpha value is -3.69. The topological polar surface area (TPSA) is 96.2 Å². The van der Waals surface area contributed by atoms with Crippen molar-refractivity contribution < 1.29 is 14.3 Å². The van der Waals surface area contributed by atoms with Gasteiger partial charge in [-0.2, -0.15) is 0 Å². The average Bonchev–Trinajstić information content (AvgIpc) is 3.52. The van der Waals surface area contributed by atoms with Gasteiger partial charge in [0.05, 0.1) is 19.0 Å². The maximum atomic E-state index is 13.3. The standard InChI is InChI=1S/C28H35N7O3/c1-19-14-21(34-17-28(18-34)10-5-11-28)16-35-25(19)30-24(31-35)26(36)33-13-9-20(15-33)8-12-32(2)23-7-4-6-22(29-23)27(37)38-3/h4,6-7,14,16,20H,5,8-13,15,17-18H2,1-3H3. The molecule has 5 heterocycles. The van der Waals surface area contributed by atoms with Gasteiger partial charge < -0.3 is 19.4 Å². The number of carbonyl (C=O) groups is 2. The molecule has 10 heteroatoms. The SMILES string of the molecule is COC(=O)c1cccc(N(C)CCC2CCN(C(=O)c3nc4c(C)cc(N5CC6(CCC6)C5)cn4n3)C2)n1. The van der Waals surface area contributed by atoms with E-state index < -0.39 is 5.97 Å². The molecule has 0 aromatic carbocycles. The van der Waals surface area contributed by atoms with Gasteiger partial charge in [0.25, 0.3) is 5.91 Å². The van der Waals surface area contributed by atoms with Crippen molar-refractivity contribution in [2.45, 2.75) is 39.0 Å². The van der Waals surface area contributed by atoms with E-state index in [0.717, 1.165) is 55.2 Å². The Morgan fingerprint density at radius 2 is 2.03 bits per heavy atom. The van der Waals surface area contributed by atoms with Crippen molar-refractivity contribution in [2.24, 2.45) is 11.3 Å². The molecule has 3 aromatic heterocycles. The molecule has 0 bridgehead atoms. The molecule has 2 saturated heterocycles. The van der Waals surface area contributed by atoms with Gasteiger partial charge in [0.2, 0.25) is 5.82 Å². The molecule has 1 spiro atoms. The van der Waals surface area contributed by atoms with Crippen molar-refractivity contribution >= 4 is 29.0 Å². The Morgan fingerprint density at radius 1 is 1.21 bits per heavy atom. The van der Waals surface area contributed by atoms with Crippen LogP contribution in [-0.2, 0) is 4.74 Å². The van der Waals surface area contributed by atoms with Crippen molar-refractivity contribution in [3.8, 4) is 0 Å². The molecule has 0 radical (unpaired) electrons. The first-order valence-electron chi connectivity index (χ1n) is 13.5. The Balaban J connectivity index is 1.06. The summed E-state index contributed by atoms with van der Waals surface area (Å²) < 4.78 is 6.55. The number of hydrogen-bond donors (Lipinski definition) is 0. The average molecular weight is 518 g/mol. The Bertz CT molecular complexity index is 1370. The lowest BCUT2D eigenvalue weighted by Gasteiger charge is -2.57. The number of methoxy groups -OCH3 is 1. The van der Waals surface area contributed by atoms with Gasteiger partial charge in [0.15, 0.2) is 11.3 Å². The predicted molar refractivity (Wildman–Crippen MR) is 144 cm³/mol. The van der Waals surface area contributed by atoms with Crippen LogP contribution in [0.5, 0.6) is 0 Å². The summed E-state index contributed by atoms with van der Waals surface area (Å²) in [6, 6.07) is 7.51. The lowest BCUT2D eigenvalue weighted by atomic mass is 9.63. The highest BCUT2D eigenvalue weighted by atomic mass is 16.5. The van der Waals surface area contributed by atoms with Gasteiger partial charge in [-0.3, -0.25) is 4.79 Å². The van der Waals surface area contributed by atoms with Gasteiger partial charge in [-0.05, 0) is 62.3 Å². The summed E-state index contributed by atoms with van der Waals surface area (Å²) in [4.78, 5) is 40.4. The van der Waals surface area contributed by atoms with Crippen LogP contribution < -0.4 is 9.80 Å². The lowest BCUT2D eigenvalue weighted by molar-refractivity contribution is 0.0594. The summed E-state index contributed by atoms with van der Waals surface area (Å²) in [5.74, 6) is 0.838. The largest absolute Gasteiger partial charge is 0.464 e. The van der Waals surface area contributed by atoms with Crippen molar-refractivity contribution in [1.29, 1.82) is 0 Å². The summed E-state index contributed by atoms with van der Waals surface area (Å²) in [5, 5.41) is 4.59. The Morgan fingerprint density at radius 3 is 2.76 bits per heavy atom. The Labute approximate surface area is 222 Å². The maximum absolute atomic E-state index is 13.3. The highest BCUT2D eigenvalue weighted by Crippen LogP contribution is 2.49. The number of aryl methyl sites for hydroxylation is 1. The molecule has 6 rings (SSSR count). The van der Waals surface area contributed by atoms with Gasteiger partial charge in [0, 0.05) is 45.2 Å². The number of rotatable bonds is 7. The van der Waals surface area contributed by atoms with Gasteiger partial charge in [-0.25, -0.2) is 19.3 Å². The van der Waals surface area contributed by atoms with Crippen LogP contribution in [0.3, 0.4) is 0 Å². The second-order valence-electron chi connectivity index (χ2n) is 11.3. The molecule has 3 aromatic rings. The zero-order chi connectivity index (χ0) is 26.4. The monoisotopic (exact) mass is 517 g/mol. The van der Waals surface area contributed by atoms with E-state index in [1.54, 1.807) is 10.6 Å². The van der Waals surface area contributed by atoms with Crippen LogP contribution in [0, 0.1) is 18.3 Å². The Kier molecular flexibility index (Phi) is 6.20. The molecule has 3 aliphatic rings. The number of esters is 1. The third-order valence-corrected chi connectivity index (χ3v) is 8.59. The number of carbonyl (C=O) groups excluding carboxylic acids is 2. The molecular weight excluding hydrogens is 482 g/mol. The fourth-order valence-electron chi connectivity index (χ4n) is 6.07. The second kappa shape index (κ2) is 9.56. The number of likely N-dealkylation sites (tertiary alicyclic amines) is 1. The number of fused-ring (bicyclic) bond motifs is 1. The summed E-state index contributed by atoms with van der Waals surface area (Å²) in [5.41, 5.74) is 3.79. The van der Waals surface area contributed by atoms with Gasteiger partial charge in [-0.1, -0.05) is 12.5 Å². The van der Waals surface area contributed by atoms with Crippen LogP contribution in [0.2, 0.25) is 0 Å². The molecule has 1 unspecified atom stereocenters. The first-order chi connectivity index (χ1) is 18.3. The number of amides is 1. The van der Waals surface area contributed by atoms with Crippen molar-refractivity contribution in [1.82, 2.24) is 24.5 Å².